The van der Waals surface area contributed by atoms with Gasteiger partial charge < -0.3 is 14.8 Å². The van der Waals surface area contributed by atoms with Crippen molar-refractivity contribution in [2.24, 2.45) is 0 Å². The van der Waals surface area contributed by atoms with E-state index in [2.05, 4.69) is 19.2 Å². The Kier molecular flexibility index (Phi) is 4.29. The van der Waals surface area contributed by atoms with Crippen LogP contribution in [0.15, 0.2) is 42.5 Å². The van der Waals surface area contributed by atoms with Crippen molar-refractivity contribution in [3.05, 3.63) is 59.2 Å². The fraction of sp³-hybridized carbons (Fsp3) is 0.364. The molecule has 1 N–H and O–H groups in total. The molecule has 2 aromatic carbocycles. The number of amides is 2. The third-order valence-corrected chi connectivity index (χ3v) is 5.51. The number of nitrogens with one attached hydrogen (secondary N) is 1. The van der Waals surface area contributed by atoms with Crippen LogP contribution in [-0.4, -0.2) is 24.8 Å². The minimum atomic E-state index is -0.813. The zero-order valence-electron chi connectivity index (χ0n) is 16.5. The number of carbonyl (C=O) groups excluding carboxylic acids is 2. The molecule has 4 rings (SSSR count). The smallest absolute Gasteiger partial charge is 0.337 e. The first-order chi connectivity index (χ1) is 13.3. The van der Waals surface area contributed by atoms with Crippen molar-refractivity contribution in [2.45, 2.75) is 44.9 Å². The van der Waals surface area contributed by atoms with Crippen LogP contribution < -0.4 is 15.0 Å². The molecular weight excluding hydrogens is 356 g/mol. The van der Waals surface area contributed by atoms with Crippen molar-refractivity contribution in [1.29, 1.82) is 0 Å². The number of fused-ring (bicyclic) bond motifs is 4. The number of urea groups is 1. The number of hydrogen-bond donors (Lipinski definition) is 1. The predicted octanol–water partition coefficient (Wildman–Crippen LogP) is 4.37. The van der Waals surface area contributed by atoms with Crippen LogP contribution in [0, 0.1) is 0 Å². The van der Waals surface area contributed by atoms with Crippen molar-refractivity contribution in [3.63, 3.8) is 0 Å². The number of rotatable bonds is 3. The molecule has 0 spiro atoms. The zero-order valence-corrected chi connectivity index (χ0v) is 16.5. The van der Waals surface area contributed by atoms with Crippen LogP contribution in [0.2, 0.25) is 0 Å². The fourth-order valence-electron chi connectivity index (χ4n) is 4.02. The highest BCUT2D eigenvalue weighted by Gasteiger charge is 2.50. The molecule has 2 heterocycles. The monoisotopic (exact) mass is 380 g/mol. The molecule has 0 radical (unpaired) electrons. The summed E-state index contributed by atoms with van der Waals surface area (Å²) in [7, 11) is 1.35. The maximum absolute atomic E-state index is 13.0. The van der Waals surface area contributed by atoms with Gasteiger partial charge in [-0.3, -0.25) is 4.90 Å². The van der Waals surface area contributed by atoms with Gasteiger partial charge in [-0.15, -0.1) is 0 Å². The molecule has 2 atom stereocenters. The van der Waals surface area contributed by atoms with Gasteiger partial charge in [-0.2, -0.15) is 0 Å². The minimum Gasteiger partial charge on any atom is -0.467 e. The lowest BCUT2D eigenvalue weighted by Gasteiger charge is -2.50. The summed E-state index contributed by atoms with van der Waals surface area (Å²) >= 11 is 0. The topological polar surface area (TPSA) is 67.9 Å². The Bertz CT molecular complexity index is 938. The molecule has 0 unspecified atom stereocenters. The number of ether oxygens (including phenoxy) is 2. The van der Waals surface area contributed by atoms with Gasteiger partial charge in [-0.1, -0.05) is 26.0 Å². The van der Waals surface area contributed by atoms with Crippen molar-refractivity contribution in [1.82, 2.24) is 5.32 Å². The van der Waals surface area contributed by atoms with Gasteiger partial charge in [0.15, 0.2) is 5.72 Å². The first-order valence-corrected chi connectivity index (χ1v) is 9.44. The van der Waals surface area contributed by atoms with Gasteiger partial charge in [0.25, 0.3) is 0 Å². The van der Waals surface area contributed by atoms with Crippen LogP contribution in [0.1, 0.15) is 60.6 Å². The molecule has 2 aliphatic heterocycles. The van der Waals surface area contributed by atoms with E-state index >= 15 is 0 Å². The summed E-state index contributed by atoms with van der Waals surface area (Å²) in [6, 6.07) is 12.7. The summed E-state index contributed by atoms with van der Waals surface area (Å²) in [5.41, 5.74) is 2.43. The highest BCUT2D eigenvalue weighted by atomic mass is 16.5. The van der Waals surface area contributed by atoms with E-state index in [0.717, 1.165) is 11.3 Å². The lowest BCUT2D eigenvalue weighted by molar-refractivity contribution is 0.0377. The molecule has 2 bridgehead atoms. The molecule has 0 aromatic heterocycles. The summed E-state index contributed by atoms with van der Waals surface area (Å²) in [5.74, 6) is 0.673. The summed E-state index contributed by atoms with van der Waals surface area (Å²) < 4.78 is 11.1. The number of esters is 1. The van der Waals surface area contributed by atoms with Gasteiger partial charge in [0.1, 0.15) is 5.75 Å². The molecule has 2 aliphatic rings. The Labute approximate surface area is 164 Å². The number of nitrogens with zero attached hydrogens (tertiary/aromatic N) is 1. The summed E-state index contributed by atoms with van der Waals surface area (Å²) in [5, 5.41) is 3.05. The molecule has 28 heavy (non-hydrogen) atoms. The Morgan fingerprint density at radius 3 is 2.61 bits per heavy atom. The second-order valence-corrected chi connectivity index (χ2v) is 7.81. The number of benzene rings is 2. The average Bonchev–Trinajstić information content (AvgIpc) is 2.66. The molecule has 1 saturated heterocycles. The third kappa shape index (κ3) is 2.89. The van der Waals surface area contributed by atoms with E-state index in [1.54, 1.807) is 23.1 Å². The molecule has 0 saturated carbocycles. The highest BCUT2D eigenvalue weighted by Crippen LogP contribution is 2.45. The van der Waals surface area contributed by atoms with Crippen LogP contribution in [0.25, 0.3) is 0 Å². The standard InChI is InChI=1S/C22H24N2O4/c1-13(2)14-5-8-16(9-6-14)24-21(26)23-18-12-22(24,3)28-19-10-7-15(11-17(18)19)20(25)27-4/h5-11,13,18H,12H2,1-4H3,(H,23,26)/t18-,22-/m0/s1. The summed E-state index contributed by atoms with van der Waals surface area (Å²) in [6.45, 7) is 6.20. The third-order valence-electron chi connectivity index (χ3n) is 5.51. The molecule has 2 amide bonds. The number of methoxy groups -OCH3 is 1. The Morgan fingerprint density at radius 2 is 1.96 bits per heavy atom. The van der Waals surface area contributed by atoms with Gasteiger partial charge >= 0.3 is 12.0 Å². The van der Waals surface area contributed by atoms with Crippen molar-refractivity contribution >= 4 is 17.7 Å². The van der Waals surface area contributed by atoms with Gasteiger partial charge in [-0.05, 0) is 48.7 Å². The lowest BCUT2D eigenvalue weighted by Crippen LogP contribution is -2.65. The van der Waals surface area contributed by atoms with Crippen molar-refractivity contribution in [2.75, 3.05) is 12.0 Å². The largest absolute Gasteiger partial charge is 0.467 e. The predicted molar refractivity (Wildman–Crippen MR) is 106 cm³/mol. The van der Waals surface area contributed by atoms with Gasteiger partial charge in [0.2, 0.25) is 0 Å². The Balaban J connectivity index is 1.70. The quantitative estimate of drug-likeness (QED) is 0.803. The van der Waals surface area contributed by atoms with E-state index in [1.807, 2.05) is 31.2 Å². The maximum Gasteiger partial charge on any atom is 0.337 e. The second-order valence-electron chi connectivity index (χ2n) is 7.81. The van der Waals surface area contributed by atoms with E-state index in [-0.39, 0.29) is 12.1 Å². The molecule has 0 aliphatic carbocycles. The first-order valence-electron chi connectivity index (χ1n) is 9.44. The minimum absolute atomic E-state index is 0.217. The maximum atomic E-state index is 13.0. The SMILES string of the molecule is COC(=O)c1ccc2c(c1)[C@@H]1C[C@](C)(O2)N(c2ccc(C(C)C)cc2)C(=O)N1. The Hall–Kier alpha value is -3.02. The zero-order chi connectivity index (χ0) is 20.1. The summed E-state index contributed by atoms with van der Waals surface area (Å²) in [4.78, 5) is 26.5. The molecule has 2 aromatic rings. The number of carbonyl (C=O) groups is 2. The van der Waals surface area contributed by atoms with Gasteiger partial charge in [-0.25, -0.2) is 9.59 Å². The van der Waals surface area contributed by atoms with Crippen molar-refractivity contribution in [3.8, 4) is 5.75 Å². The van der Waals surface area contributed by atoms with Crippen LogP contribution in [0.5, 0.6) is 5.75 Å². The van der Waals surface area contributed by atoms with Crippen LogP contribution in [-0.2, 0) is 4.74 Å². The van der Waals surface area contributed by atoms with Gasteiger partial charge in [0.05, 0.1) is 18.7 Å². The first kappa shape index (κ1) is 18.3. The van der Waals surface area contributed by atoms with Crippen LogP contribution >= 0.6 is 0 Å². The van der Waals surface area contributed by atoms with E-state index in [1.165, 1.54) is 12.7 Å². The van der Waals surface area contributed by atoms with Gasteiger partial charge in [0, 0.05) is 17.7 Å². The van der Waals surface area contributed by atoms with Crippen molar-refractivity contribution < 1.29 is 19.1 Å². The molecule has 1 fully saturated rings. The number of hydrogen-bond acceptors (Lipinski definition) is 4. The average molecular weight is 380 g/mol. The molecular formula is C22H24N2O4. The Morgan fingerprint density at radius 1 is 1.25 bits per heavy atom. The fourth-order valence-corrected chi connectivity index (χ4v) is 4.02. The summed E-state index contributed by atoms with van der Waals surface area (Å²) in [6.07, 6.45) is 0.572. The van der Waals surface area contributed by atoms with E-state index in [4.69, 9.17) is 9.47 Å². The van der Waals surface area contributed by atoms with E-state index in [0.29, 0.717) is 23.7 Å². The second kappa shape index (κ2) is 6.55. The van der Waals surface area contributed by atoms with E-state index < -0.39 is 11.7 Å². The van der Waals surface area contributed by atoms with Crippen LogP contribution in [0.3, 0.4) is 0 Å². The van der Waals surface area contributed by atoms with E-state index in [9.17, 15) is 9.59 Å². The highest BCUT2D eigenvalue weighted by molar-refractivity contribution is 5.95. The number of anilines is 1. The normalized spacial score (nSPS) is 23.0. The molecule has 6 nitrogen and oxygen atoms in total. The molecule has 146 valence electrons. The van der Waals surface area contributed by atoms with Crippen LogP contribution in [0.4, 0.5) is 10.5 Å². The molecule has 6 heteroatoms. The lowest BCUT2D eigenvalue weighted by atomic mass is 9.89.